The van der Waals surface area contributed by atoms with Gasteiger partial charge in [0.1, 0.15) is 16.8 Å². The van der Waals surface area contributed by atoms with Crippen LogP contribution in [0.4, 0.5) is 10.7 Å². The number of fused-ring (bicyclic) bond motifs is 1. The number of nitrogens with one attached hydrogen (secondary N) is 1. The molecule has 1 heterocycles. The van der Waals surface area contributed by atoms with Gasteiger partial charge in [0, 0.05) is 16.8 Å². The van der Waals surface area contributed by atoms with Crippen molar-refractivity contribution < 1.29 is 9.53 Å². The largest absolute Gasteiger partial charge is 0.484 e. The fourth-order valence-electron chi connectivity index (χ4n) is 4.37. The maximum atomic E-state index is 12.2. The molecule has 0 saturated heterocycles. The normalized spacial score (nSPS) is 15.5. The number of hydrogen-bond acceptors (Lipinski definition) is 5. The Bertz CT molecular complexity index is 1280. The molecule has 0 fully saturated rings. The molecular formula is C29H31N3O2S. The van der Waals surface area contributed by atoms with E-state index in [-0.39, 0.29) is 17.9 Å². The number of benzene rings is 2. The average Bonchev–Trinajstić information content (AvgIpc) is 3.18. The molecule has 5 nitrogen and oxygen atoms in total. The Balaban J connectivity index is 1.37. The summed E-state index contributed by atoms with van der Waals surface area (Å²) in [7, 11) is 0. The molecule has 1 aromatic heterocycles. The molecule has 1 amide bonds. The lowest BCUT2D eigenvalue weighted by molar-refractivity contribution is -0.118. The minimum Gasteiger partial charge on any atom is -0.484 e. The number of aryl methyl sites for hydroxylation is 1. The van der Waals surface area contributed by atoms with E-state index in [9.17, 15) is 10.1 Å². The van der Waals surface area contributed by atoms with Crippen molar-refractivity contribution in [2.75, 3.05) is 11.9 Å². The number of rotatable bonds is 6. The lowest BCUT2D eigenvalue weighted by atomic mass is 9.72. The number of amides is 1. The highest BCUT2D eigenvalue weighted by atomic mass is 32.1. The topological polar surface area (TPSA) is 74.5 Å². The second-order valence-electron chi connectivity index (χ2n) is 10.1. The van der Waals surface area contributed by atoms with E-state index in [1.54, 1.807) is 17.6 Å². The number of anilines is 1. The highest BCUT2D eigenvalue weighted by Gasteiger charge is 2.32. The van der Waals surface area contributed by atoms with Crippen LogP contribution in [0.2, 0.25) is 0 Å². The lowest BCUT2D eigenvalue weighted by Gasteiger charge is -2.33. The van der Waals surface area contributed by atoms with Gasteiger partial charge in [-0.2, -0.15) is 5.26 Å². The van der Waals surface area contributed by atoms with E-state index < -0.39 is 0 Å². The third kappa shape index (κ3) is 6.17. The maximum absolute atomic E-state index is 12.2. The molecule has 0 unspecified atom stereocenters. The summed E-state index contributed by atoms with van der Waals surface area (Å²) in [6.45, 7) is 8.80. The summed E-state index contributed by atoms with van der Waals surface area (Å²) in [6.07, 6.45) is 4.88. The maximum Gasteiger partial charge on any atom is 0.262 e. The number of carbonyl (C=O) groups is 1. The van der Waals surface area contributed by atoms with E-state index >= 15 is 0 Å². The second kappa shape index (κ2) is 10.5. The first-order valence-corrected chi connectivity index (χ1v) is 12.7. The molecule has 0 saturated carbocycles. The third-order valence-electron chi connectivity index (χ3n) is 6.47. The van der Waals surface area contributed by atoms with E-state index in [0.29, 0.717) is 11.7 Å². The Labute approximate surface area is 211 Å². The minimum atomic E-state index is -0.208. The number of hydrogen-bond donors (Lipinski definition) is 1. The smallest absolute Gasteiger partial charge is 0.262 e. The molecule has 35 heavy (non-hydrogen) atoms. The summed E-state index contributed by atoms with van der Waals surface area (Å²) in [4.78, 5) is 18.1. The van der Waals surface area contributed by atoms with Gasteiger partial charge in [-0.1, -0.05) is 32.9 Å². The van der Waals surface area contributed by atoms with Crippen LogP contribution in [0.5, 0.6) is 5.75 Å². The summed E-state index contributed by atoms with van der Waals surface area (Å²) in [5.74, 6) is 1.03. The van der Waals surface area contributed by atoms with Gasteiger partial charge >= 0.3 is 0 Å². The van der Waals surface area contributed by atoms with Gasteiger partial charge in [0.15, 0.2) is 6.61 Å². The molecule has 2 aromatic carbocycles. The molecule has 0 bridgehead atoms. The van der Waals surface area contributed by atoms with Gasteiger partial charge < -0.3 is 10.1 Å². The minimum absolute atomic E-state index is 0.0663. The summed E-state index contributed by atoms with van der Waals surface area (Å²) in [6, 6.07) is 17.5. The zero-order valence-electron chi connectivity index (χ0n) is 20.7. The quantitative estimate of drug-likeness (QED) is 0.388. The lowest BCUT2D eigenvalue weighted by Crippen LogP contribution is -2.26. The van der Waals surface area contributed by atoms with Crippen LogP contribution in [0.15, 0.2) is 53.5 Å². The summed E-state index contributed by atoms with van der Waals surface area (Å²) < 4.78 is 5.62. The van der Waals surface area contributed by atoms with Crippen LogP contribution in [0, 0.1) is 29.6 Å². The molecule has 180 valence electrons. The van der Waals surface area contributed by atoms with Crippen LogP contribution in [0.25, 0.3) is 0 Å². The zero-order chi connectivity index (χ0) is 25.0. The zero-order valence-corrected chi connectivity index (χ0v) is 21.5. The first-order valence-electron chi connectivity index (χ1n) is 11.9. The van der Waals surface area contributed by atoms with Crippen LogP contribution in [-0.4, -0.2) is 18.7 Å². The number of thiophene rings is 1. The Morgan fingerprint density at radius 3 is 2.71 bits per heavy atom. The molecule has 4 rings (SSSR count). The van der Waals surface area contributed by atoms with Gasteiger partial charge in [-0.3, -0.25) is 4.79 Å². The summed E-state index contributed by atoms with van der Waals surface area (Å²) >= 11 is 1.65. The molecule has 3 aromatic rings. The highest BCUT2D eigenvalue weighted by Crippen LogP contribution is 2.44. The van der Waals surface area contributed by atoms with Gasteiger partial charge in [0.25, 0.3) is 5.91 Å². The first-order chi connectivity index (χ1) is 16.7. The molecule has 1 atom stereocenters. The molecule has 0 spiro atoms. The molecule has 0 aliphatic heterocycles. The van der Waals surface area contributed by atoms with Crippen molar-refractivity contribution in [2.45, 2.75) is 47.0 Å². The molecule has 0 radical (unpaired) electrons. The number of nitrogens with zero attached hydrogens (tertiary/aromatic N) is 2. The fraction of sp³-hybridized carbons (Fsp3) is 0.345. The molecule has 1 aliphatic carbocycles. The Hall–Kier alpha value is -3.43. The van der Waals surface area contributed by atoms with Gasteiger partial charge in [0.05, 0.1) is 5.56 Å². The van der Waals surface area contributed by atoms with Gasteiger partial charge in [-0.05, 0) is 90.6 Å². The van der Waals surface area contributed by atoms with Crippen molar-refractivity contribution in [1.82, 2.24) is 0 Å². The van der Waals surface area contributed by atoms with Gasteiger partial charge in [0.2, 0.25) is 0 Å². The summed E-state index contributed by atoms with van der Waals surface area (Å²) in [5.41, 5.74) is 4.93. The summed E-state index contributed by atoms with van der Waals surface area (Å²) in [5, 5.41) is 13.4. The van der Waals surface area contributed by atoms with Crippen LogP contribution in [0.1, 0.15) is 54.3 Å². The Morgan fingerprint density at radius 1 is 1.26 bits per heavy atom. The van der Waals surface area contributed by atoms with Crippen molar-refractivity contribution in [3.63, 3.8) is 0 Å². The molecule has 1 N–H and O–H groups in total. The molecule has 1 aliphatic rings. The SMILES string of the molecule is Cc1cccc(NC(=O)COc2ccc(C=Nc3sc4c(c3C#N)CC[C@H](C(C)(C)C)C4)cc2)c1. The Kier molecular flexibility index (Phi) is 7.37. The number of ether oxygens (including phenoxy) is 1. The number of carbonyl (C=O) groups excluding carboxylic acids is 1. The standard InChI is InChI=1S/C29H31N3O2S/c1-19-6-5-7-22(14-19)32-27(33)18-34-23-11-8-20(9-12-23)17-31-28-25(16-30)24-13-10-21(29(2,3)4)15-26(24)35-28/h5-9,11-12,14,17,21H,10,13,15,18H2,1-4H3,(H,32,33)/t21-/m0/s1. The van der Waals surface area contributed by atoms with E-state index in [4.69, 9.17) is 4.74 Å². The van der Waals surface area contributed by atoms with Crippen molar-refractivity contribution in [1.29, 1.82) is 5.26 Å². The fourth-order valence-corrected chi connectivity index (χ4v) is 5.59. The van der Waals surface area contributed by atoms with Crippen LogP contribution < -0.4 is 10.1 Å². The predicted molar refractivity (Wildman–Crippen MR) is 143 cm³/mol. The third-order valence-corrected chi connectivity index (χ3v) is 7.63. The molecular weight excluding hydrogens is 454 g/mol. The van der Waals surface area contributed by atoms with Crippen molar-refractivity contribution in [2.24, 2.45) is 16.3 Å². The van der Waals surface area contributed by atoms with Crippen LogP contribution in [0.3, 0.4) is 0 Å². The van der Waals surface area contributed by atoms with E-state index in [0.717, 1.165) is 46.6 Å². The highest BCUT2D eigenvalue weighted by molar-refractivity contribution is 7.16. The van der Waals surface area contributed by atoms with E-state index in [1.165, 1.54) is 10.4 Å². The second-order valence-corrected chi connectivity index (χ2v) is 11.2. The van der Waals surface area contributed by atoms with Crippen molar-refractivity contribution >= 4 is 34.1 Å². The average molecular weight is 486 g/mol. The van der Waals surface area contributed by atoms with Crippen LogP contribution in [-0.2, 0) is 17.6 Å². The predicted octanol–water partition coefficient (Wildman–Crippen LogP) is 6.85. The Morgan fingerprint density at radius 2 is 2.03 bits per heavy atom. The number of aliphatic imine (C=N–C) groups is 1. The monoisotopic (exact) mass is 485 g/mol. The van der Waals surface area contributed by atoms with Crippen LogP contribution >= 0.6 is 11.3 Å². The molecule has 6 heteroatoms. The van der Waals surface area contributed by atoms with E-state index in [2.05, 4.69) is 37.1 Å². The van der Waals surface area contributed by atoms with Gasteiger partial charge in [-0.25, -0.2) is 4.99 Å². The van der Waals surface area contributed by atoms with Crippen molar-refractivity contribution in [3.05, 3.63) is 75.7 Å². The van der Waals surface area contributed by atoms with E-state index in [1.807, 2.05) is 55.5 Å². The first kappa shape index (κ1) is 24.7. The van der Waals surface area contributed by atoms with Gasteiger partial charge in [-0.15, -0.1) is 11.3 Å². The number of nitriles is 1. The van der Waals surface area contributed by atoms with Crippen molar-refractivity contribution in [3.8, 4) is 11.8 Å².